The largest absolute Gasteiger partial charge is 0.454 e. The SMILES string of the molecule is CCCc1[nH]nc(-c2ccc3c(c2)OCO3)c1NC(=O)C(CC)c1ccccc1. The summed E-state index contributed by atoms with van der Waals surface area (Å²) in [7, 11) is 0. The number of nitrogens with one attached hydrogen (secondary N) is 2. The molecule has 4 rings (SSSR count). The van der Waals surface area contributed by atoms with E-state index < -0.39 is 0 Å². The second kappa shape index (κ2) is 8.39. The highest BCUT2D eigenvalue weighted by atomic mass is 16.7. The number of aryl methyl sites for hydroxylation is 1. The van der Waals surface area contributed by atoms with Gasteiger partial charge in [-0.1, -0.05) is 50.6 Å². The normalized spacial score (nSPS) is 13.3. The number of fused-ring (bicyclic) bond motifs is 1. The standard InChI is InChI=1S/C23H25N3O3/c1-3-8-18-22(24-23(27)17(4-2)15-9-6-5-7-10-15)21(26-25-18)16-11-12-19-20(13-16)29-14-28-19/h5-7,9-13,17H,3-4,8,14H2,1-2H3,(H,24,27)(H,25,26). The third-order valence-electron chi connectivity index (χ3n) is 5.16. The lowest BCUT2D eigenvalue weighted by Crippen LogP contribution is -2.21. The molecule has 0 saturated heterocycles. The van der Waals surface area contributed by atoms with E-state index in [-0.39, 0.29) is 18.6 Å². The molecule has 3 aromatic rings. The van der Waals surface area contributed by atoms with Crippen molar-refractivity contribution >= 4 is 11.6 Å². The van der Waals surface area contributed by atoms with E-state index in [1.165, 1.54) is 0 Å². The number of amides is 1. The quantitative estimate of drug-likeness (QED) is 0.601. The zero-order valence-electron chi connectivity index (χ0n) is 16.7. The first kappa shape index (κ1) is 19.1. The van der Waals surface area contributed by atoms with Crippen molar-refractivity contribution in [3.63, 3.8) is 0 Å². The summed E-state index contributed by atoms with van der Waals surface area (Å²) in [6.45, 7) is 4.35. The number of rotatable bonds is 7. The molecule has 6 nitrogen and oxygen atoms in total. The van der Waals surface area contributed by atoms with Crippen LogP contribution in [0.1, 0.15) is 43.9 Å². The number of carbonyl (C=O) groups excluding carboxylic acids is 1. The van der Waals surface area contributed by atoms with Crippen LogP contribution in [0.3, 0.4) is 0 Å². The number of carbonyl (C=O) groups is 1. The van der Waals surface area contributed by atoms with Gasteiger partial charge >= 0.3 is 0 Å². The molecular weight excluding hydrogens is 366 g/mol. The van der Waals surface area contributed by atoms with Crippen molar-refractivity contribution in [3.05, 3.63) is 59.8 Å². The molecule has 1 unspecified atom stereocenters. The molecule has 1 amide bonds. The van der Waals surface area contributed by atoms with Crippen LogP contribution in [-0.4, -0.2) is 22.9 Å². The van der Waals surface area contributed by atoms with Crippen LogP contribution in [0.4, 0.5) is 5.69 Å². The van der Waals surface area contributed by atoms with Gasteiger partial charge in [-0.15, -0.1) is 0 Å². The fraction of sp³-hybridized carbons (Fsp3) is 0.304. The summed E-state index contributed by atoms with van der Waals surface area (Å²) in [4.78, 5) is 13.2. The lowest BCUT2D eigenvalue weighted by Gasteiger charge is -2.16. The minimum atomic E-state index is -0.217. The van der Waals surface area contributed by atoms with Gasteiger partial charge in [-0.2, -0.15) is 5.10 Å². The van der Waals surface area contributed by atoms with Crippen molar-refractivity contribution in [1.82, 2.24) is 10.2 Å². The highest BCUT2D eigenvalue weighted by Gasteiger charge is 2.24. The number of hydrogen-bond donors (Lipinski definition) is 2. The van der Waals surface area contributed by atoms with E-state index in [1.807, 2.05) is 55.5 Å². The maximum atomic E-state index is 13.2. The molecule has 0 saturated carbocycles. The van der Waals surface area contributed by atoms with E-state index in [1.54, 1.807) is 0 Å². The number of anilines is 1. The molecule has 29 heavy (non-hydrogen) atoms. The summed E-state index contributed by atoms with van der Waals surface area (Å²) in [5.41, 5.74) is 4.26. The zero-order chi connectivity index (χ0) is 20.2. The molecule has 150 valence electrons. The summed E-state index contributed by atoms with van der Waals surface area (Å²) in [5, 5.41) is 10.8. The van der Waals surface area contributed by atoms with Crippen LogP contribution < -0.4 is 14.8 Å². The first-order valence-electron chi connectivity index (χ1n) is 10.0. The van der Waals surface area contributed by atoms with Gasteiger partial charge < -0.3 is 14.8 Å². The molecule has 2 heterocycles. The van der Waals surface area contributed by atoms with Gasteiger partial charge in [0.25, 0.3) is 0 Å². The third kappa shape index (κ3) is 3.83. The van der Waals surface area contributed by atoms with Crippen molar-refractivity contribution in [2.75, 3.05) is 12.1 Å². The van der Waals surface area contributed by atoms with Crippen molar-refractivity contribution < 1.29 is 14.3 Å². The highest BCUT2D eigenvalue weighted by Crippen LogP contribution is 2.38. The number of ether oxygens (including phenoxy) is 2. The lowest BCUT2D eigenvalue weighted by molar-refractivity contribution is -0.117. The molecule has 0 aliphatic carbocycles. The van der Waals surface area contributed by atoms with Crippen LogP contribution in [0.2, 0.25) is 0 Å². The molecule has 1 aliphatic rings. The molecule has 0 radical (unpaired) electrons. The minimum Gasteiger partial charge on any atom is -0.454 e. The molecule has 2 aromatic carbocycles. The van der Waals surface area contributed by atoms with Gasteiger partial charge in [0, 0.05) is 5.56 Å². The fourth-order valence-electron chi connectivity index (χ4n) is 3.66. The van der Waals surface area contributed by atoms with Gasteiger partial charge in [0.2, 0.25) is 12.7 Å². The Hall–Kier alpha value is -3.28. The van der Waals surface area contributed by atoms with E-state index >= 15 is 0 Å². The Labute approximate surface area is 170 Å². The van der Waals surface area contributed by atoms with Gasteiger partial charge in [-0.3, -0.25) is 9.89 Å². The van der Waals surface area contributed by atoms with Gasteiger partial charge in [-0.25, -0.2) is 0 Å². The average molecular weight is 391 g/mol. The van der Waals surface area contributed by atoms with E-state index in [4.69, 9.17) is 9.47 Å². The van der Waals surface area contributed by atoms with E-state index in [9.17, 15) is 4.79 Å². The van der Waals surface area contributed by atoms with E-state index in [0.717, 1.165) is 47.5 Å². The number of benzene rings is 2. The van der Waals surface area contributed by atoms with Crippen molar-refractivity contribution in [2.24, 2.45) is 0 Å². The maximum absolute atomic E-state index is 13.2. The van der Waals surface area contributed by atoms with Gasteiger partial charge in [0.1, 0.15) is 5.69 Å². The molecule has 0 fully saturated rings. The average Bonchev–Trinajstić information content (AvgIpc) is 3.36. The third-order valence-corrected chi connectivity index (χ3v) is 5.16. The lowest BCUT2D eigenvalue weighted by atomic mass is 9.95. The highest BCUT2D eigenvalue weighted by molar-refractivity contribution is 5.99. The van der Waals surface area contributed by atoms with Gasteiger partial charge in [0.15, 0.2) is 11.5 Å². The van der Waals surface area contributed by atoms with Gasteiger partial charge in [-0.05, 0) is 36.6 Å². The predicted octanol–water partition coefficient (Wildman–Crippen LogP) is 4.89. The maximum Gasteiger partial charge on any atom is 0.232 e. The summed E-state index contributed by atoms with van der Waals surface area (Å²) in [6.07, 6.45) is 2.47. The Kier molecular flexibility index (Phi) is 5.51. The van der Waals surface area contributed by atoms with Crippen LogP contribution in [0.15, 0.2) is 48.5 Å². The molecule has 0 bridgehead atoms. The van der Waals surface area contributed by atoms with E-state index in [2.05, 4.69) is 22.4 Å². The molecule has 1 aromatic heterocycles. The summed E-state index contributed by atoms with van der Waals surface area (Å²) < 4.78 is 10.9. The fourth-order valence-corrected chi connectivity index (χ4v) is 3.66. The Morgan fingerprint density at radius 2 is 1.93 bits per heavy atom. The first-order chi connectivity index (χ1) is 14.2. The number of aromatic nitrogens is 2. The Morgan fingerprint density at radius 1 is 1.14 bits per heavy atom. The molecular formula is C23H25N3O3. The van der Waals surface area contributed by atoms with Crippen LogP contribution in [-0.2, 0) is 11.2 Å². The summed E-state index contributed by atoms with van der Waals surface area (Å²) in [6, 6.07) is 15.6. The van der Waals surface area contributed by atoms with Crippen LogP contribution in [0, 0.1) is 0 Å². The molecule has 1 atom stereocenters. The Morgan fingerprint density at radius 3 is 2.69 bits per heavy atom. The molecule has 6 heteroatoms. The van der Waals surface area contributed by atoms with E-state index in [0.29, 0.717) is 11.4 Å². The Balaban J connectivity index is 1.67. The predicted molar refractivity (Wildman–Crippen MR) is 112 cm³/mol. The molecule has 1 aliphatic heterocycles. The smallest absolute Gasteiger partial charge is 0.232 e. The second-order valence-electron chi connectivity index (χ2n) is 7.10. The van der Waals surface area contributed by atoms with Crippen molar-refractivity contribution in [3.8, 4) is 22.8 Å². The minimum absolute atomic E-state index is 0.0283. The number of nitrogens with zero attached hydrogens (tertiary/aromatic N) is 1. The monoisotopic (exact) mass is 391 g/mol. The Bertz CT molecular complexity index is 998. The number of hydrogen-bond acceptors (Lipinski definition) is 4. The summed E-state index contributed by atoms with van der Waals surface area (Å²) in [5.74, 6) is 1.17. The second-order valence-corrected chi connectivity index (χ2v) is 7.10. The van der Waals surface area contributed by atoms with Crippen molar-refractivity contribution in [2.45, 2.75) is 39.0 Å². The first-order valence-corrected chi connectivity index (χ1v) is 10.0. The molecule has 0 spiro atoms. The van der Waals surface area contributed by atoms with Crippen LogP contribution in [0.25, 0.3) is 11.3 Å². The van der Waals surface area contributed by atoms with Crippen LogP contribution >= 0.6 is 0 Å². The summed E-state index contributed by atoms with van der Waals surface area (Å²) >= 11 is 0. The number of H-pyrrole nitrogens is 1. The van der Waals surface area contributed by atoms with Crippen molar-refractivity contribution in [1.29, 1.82) is 0 Å². The molecule has 2 N–H and O–H groups in total. The topological polar surface area (TPSA) is 76.2 Å². The van der Waals surface area contributed by atoms with Crippen LogP contribution in [0.5, 0.6) is 11.5 Å². The van der Waals surface area contributed by atoms with Gasteiger partial charge in [0.05, 0.1) is 17.3 Å². The zero-order valence-corrected chi connectivity index (χ0v) is 16.7. The number of aromatic amines is 1.